The molecule has 3 rings (SSSR count). The van der Waals surface area contributed by atoms with Gasteiger partial charge in [-0.15, -0.1) is 0 Å². The van der Waals surface area contributed by atoms with Crippen LogP contribution in [0.5, 0.6) is 0 Å². The Bertz CT molecular complexity index is 527. The Hall–Kier alpha value is -1.35. The van der Waals surface area contributed by atoms with Crippen LogP contribution in [0.4, 0.5) is 0 Å². The highest BCUT2D eigenvalue weighted by Gasteiger charge is 2.35. The Balaban J connectivity index is 1.77. The zero-order valence-electron chi connectivity index (χ0n) is 10.8. The summed E-state index contributed by atoms with van der Waals surface area (Å²) in [4.78, 5) is 12.4. The van der Waals surface area contributed by atoms with E-state index in [9.17, 15) is 4.79 Å². The predicted molar refractivity (Wildman–Crippen MR) is 76.0 cm³/mol. The largest absolute Gasteiger partial charge is 0.272 e. The van der Waals surface area contributed by atoms with Gasteiger partial charge in [0.15, 0.2) is 0 Å². The van der Waals surface area contributed by atoms with Crippen LogP contribution in [-0.4, -0.2) is 16.6 Å². The Kier molecular flexibility index (Phi) is 3.56. The lowest BCUT2D eigenvalue weighted by Gasteiger charge is -2.14. The Morgan fingerprint density at radius 2 is 2.21 bits per heavy atom. The highest BCUT2D eigenvalue weighted by atomic mass is 35.5. The topological polar surface area (TPSA) is 32.7 Å². The van der Waals surface area contributed by atoms with E-state index in [1.807, 2.05) is 24.3 Å². The zero-order chi connectivity index (χ0) is 13.2. The van der Waals surface area contributed by atoms with Crippen LogP contribution in [0.2, 0.25) is 5.02 Å². The van der Waals surface area contributed by atoms with Gasteiger partial charge in [0, 0.05) is 5.02 Å². The maximum absolute atomic E-state index is 12.4. The fraction of sp³-hybridized carbons (Fsp3) is 0.467. The first kappa shape index (κ1) is 12.7. The molecule has 1 amide bonds. The van der Waals surface area contributed by atoms with Gasteiger partial charge in [0.1, 0.15) is 0 Å². The summed E-state index contributed by atoms with van der Waals surface area (Å²) in [6, 6.07) is 7.62. The van der Waals surface area contributed by atoms with Crippen molar-refractivity contribution >= 4 is 23.2 Å². The lowest BCUT2D eigenvalue weighted by atomic mass is 9.98. The van der Waals surface area contributed by atoms with Crippen molar-refractivity contribution < 1.29 is 4.79 Å². The number of carbonyl (C=O) groups is 1. The minimum Gasteiger partial charge on any atom is -0.272 e. The molecule has 1 aliphatic heterocycles. The molecule has 100 valence electrons. The molecule has 1 atom stereocenters. The second kappa shape index (κ2) is 5.33. The van der Waals surface area contributed by atoms with Gasteiger partial charge >= 0.3 is 0 Å². The second-order valence-electron chi connectivity index (χ2n) is 5.27. The van der Waals surface area contributed by atoms with E-state index in [1.54, 1.807) is 5.01 Å². The molecule has 0 N–H and O–H groups in total. The molecule has 0 bridgehead atoms. The van der Waals surface area contributed by atoms with Gasteiger partial charge in [-0.25, -0.2) is 5.01 Å². The highest BCUT2D eigenvalue weighted by Crippen LogP contribution is 2.29. The van der Waals surface area contributed by atoms with Crippen LogP contribution in [0, 0.1) is 5.92 Å². The molecule has 1 heterocycles. The molecule has 3 nitrogen and oxygen atoms in total. The normalized spacial score (nSPS) is 23.0. The van der Waals surface area contributed by atoms with Gasteiger partial charge in [-0.05, 0) is 37.0 Å². The average Bonchev–Trinajstić information content (AvgIpc) is 2.58. The van der Waals surface area contributed by atoms with Gasteiger partial charge < -0.3 is 0 Å². The highest BCUT2D eigenvalue weighted by molar-refractivity contribution is 6.30. The fourth-order valence-corrected chi connectivity index (χ4v) is 3.08. The van der Waals surface area contributed by atoms with Crippen molar-refractivity contribution in [2.45, 2.75) is 38.6 Å². The molecule has 0 spiro atoms. The predicted octanol–water partition coefficient (Wildman–Crippen LogP) is 3.62. The van der Waals surface area contributed by atoms with Gasteiger partial charge in [-0.2, -0.15) is 5.10 Å². The van der Waals surface area contributed by atoms with Gasteiger partial charge in [-0.1, -0.05) is 36.6 Å². The van der Waals surface area contributed by atoms with Crippen molar-refractivity contribution in [1.29, 1.82) is 0 Å². The summed E-state index contributed by atoms with van der Waals surface area (Å²) in [6.07, 6.45) is 5.46. The number of benzene rings is 1. The second-order valence-corrected chi connectivity index (χ2v) is 5.71. The van der Waals surface area contributed by atoms with Crippen molar-refractivity contribution in [2.24, 2.45) is 11.0 Å². The lowest BCUT2D eigenvalue weighted by molar-refractivity contribution is -0.132. The molecule has 1 aromatic rings. The van der Waals surface area contributed by atoms with Crippen LogP contribution < -0.4 is 0 Å². The molecule has 1 fully saturated rings. The van der Waals surface area contributed by atoms with E-state index in [-0.39, 0.29) is 11.8 Å². The van der Waals surface area contributed by atoms with E-state index in [2.05, 4.69) is 5.10 Å². The number of rotatable bonds is 2. The first-order valence-corrected chi connectivity index (χ1v) is 7.25. The van der Waals surface area contributed by atoms with E-state index in [0.29, 0.717) is 11.6 Å². The number of carbonyl (C=O) groups excluding carboxylic acids is 1. The molecule has 19 heavy (non-hydrogen) atoms. The smallest absolute Gasteiger partial charge is 0.251 e. The van der Waals surface area contributed by atoms with E-state index in [1.165, 1.54) is 6.42 Å². The molecule has 4 heteroatoms. The Morgan fingerprint density at radius 1 is 1.32 bits per heavy atom. The summed E-state index contributed by atoms with van der Waals surface area (Å²) < 4.78 is 0. The zero-order valence-corrected chi connectivity index (χ0v) is 11.6. The minimum atomic E-state index is 0.0432. The number of hydrogen-bond acceptors (Lipinski definition) is 2. The fourth-order valence-electron chi connectivity index (χ4n) is 2.86. The maximum atomic E-state index is 12.4. The number of hydrazone groups is 1. The van der Waals surface area contributed by atoms with Crippen molar-refractivity contribution in [3.8, 4) is 0 Å². The quantitative estimate of drug-likeness (QED) is 0.812. The van der Waals surface area contributed by atoms with Crippen molar-refractivity contribution in [1.82, 2.24) is 5.01 Å². The molecule has 1 aliphatic carbocycles. The average molecular weight is 277 g/mol. The SMILES string of the molecule is O=C1C2CCCCCC2=NN1Cc1cccc(Cl)c1. The molecule has 2 aliphatic rings. The molecule has 0 radical (unpaired) electrons. The Morgan fingerprint density at radius 3 is 3.05 bits per heavy atom. The van der Waals surface area contributed by atoms with Crippen molar-refractivity contribution in [2.75, 3.05) is 0 Å². The van der Waals surface area contributed by atoms with Gasteiger partial charge in [-0.3, -0.25) is 4.79 Å². The maximum Gasteiger partial charge on any atom is 0.251 e. The Labute approximate surface area is 118 Å². The summed E-state index contributed by atoms with van der Waals surface area (Å²) >= 11 is 5.97. The minimum absolute atomic E-state index is 0.0432. The van der Waals surface area contributed by atoms with Crippen molar-refractivity contribution in [3.05, 3.63) is 34.9 Å². The summed E-state index contributed by atoms with van der Waals surface area (Å²) in [5, 5.41) is 6.86. The number of amides is 1. The molecule has 0 aromatic heterocycles. The summed E-state index contributed by atoms with van der Waals surface area (Å²) in [5.74, 6) is 0.207. The summed E-state index contributed by atoms with van der Waals surface area (Å²) in [5.41, 5.74) is 2.12. The van der Waals surface area contributed by atoms with Crippen molar-refractivity contribution in [3.63, 3.8) is 0 Å². The molecular weight excluding hydrogens is 260 g/mol. The molecule has 0 saturated heterocycles. The molecule has 1 saturated carbocycles. The number of halogens is 1. The summed E-state index contributed by atoms with van der Waals surface area (Å²) in [7, 11) is 0. The third-order valence-corrected chi connectivity index (χ3v) is 4.09. The number of nitrogens with zero attached hydrogens (tertiary/aromatic N) is 2. The van der Waals surface area contributed by atoms with Crippen LogP contribution in [-0.2, 0) is 11.3 Å². The van der Waals surface area contributed by atoms with Crippen LogP contribution in [0.3, 0.4) is 0 Å². The summed E-state index contributed by atoms with van der Waals surface area (Å²) in [6.45, 7) is 0.527. The van der Waals surface area contributed by atoms with Gasteiger partial charge in [0.25, 0.3) is 5.91 Å². The van der Waals surface area contributed by atoms with Crippen LogP contribution >= 0.6 is 11.6 Å². The van der Waals surface area contributed by atoms with E-state index < -0.39 is 0 Å². The molecule has 1 aromatic carbocycles. The first-order valence-electron chi connectivity index (χ1n) is 6.87. The number of hydrogen-bond donors (Lipinski definition) is 0. The van der Waals surface area contributed by atoms with E-state index in [4.69, 9.17) is 11.6 Å². The first-order chi connectivity index (χ1) is 9.24. The van der Waals surface area contributed by atoms with Gasteiger partial charge in [0.2, 0.25) is 0 Å². The lowest BCUT2D eigenvalue weighted by Crippen LogP contribution is -2.26. The number of fused-ring (bicyclic) bond motifs is 1. The van der Waals surface area contributed by atoms with E-state index in [0.717, 1.165) is 37.0 Å². The van der Waals surface area contributed by atoms with Gasteiger partial charge in [0.05, 0.1) is 18.2 Å². The molecular formula is C15H17ClN2O. The van der Waals surface area contributed by atoms with Crippen LogP contribution in [0.15, 0.2) is 29.4 Å². The third-order valence-electron chi connectivity index (χ3n) is 3.85. The monoisotopic (exact) mass is 276 g/mol. The third kappa shape index (κ3) is 2.66. The van der Waals surface area contributed by atoms with Crippen LogP contribution in [0.1, 0.15) is 37.7 Å². The molecule has 1 unspecified atom stereocenters. The van der Waals surface area contributed by atoms with Crippen LogP contribution in [0.25, 0.3) is 0 Å². The standard InChI is InChI=1S/C15H17ClN2O/c16-12-6-4-5-11(9-12)10-18-15(19)13-7-2-1-3-8-14(13)17-18/h4-6,9,13H,1-3,7-8,10H2. The van der Waals surface area contributed by atoms with E-state index >= 15 is 0 Å².